The third-order valence-electron chi connectivity index (χ3n) is 9.32. The molecular formula is C34H34N4O4. The normalized spacial score (nSPS) is 23.1. The monoisotopic (exact) mass is 562 g/mol. The van der Waals surface area contributed by atoms with E-state index in [0.29, 0.717) is 24.9 Å². The molecule has 42 heavy (non-hydrogen) atoms. The van der Waals surface area contributed by atoms with Gasteiger partial charge in [0.25, 0.3) is 0 Å². The summed E-state index contributed by atoms with van der Waals surface area (Å²) in [5.74, 6) is 3.92. The van der Waals surface area contributed by atoms with E-state index in [9.17, 15) is 9.90 Å². The van der Waals surface area contributed by atoms with Crippen molar-refractivity contribution >= 4 is 17.0 Å². The van der Waals surface area contributed by atoms with E-state index < -0.39 is 5.97 Å². The Labute approximate surface area is 245 Å². The molecule has 0 spiro atoms. The Morgan fingerprint density at radius 3 is 2.83 bits per heavy atom. The number of hydrogen-bond acceptors (Lipinski definition) is 6. The number of terminal acetylenes is 1. The lowest BCUT2D eigenvalue weighted by atomic mass is 9.91. The summed E-state index contributed by atoms with van der Waals surface area (Å²) in [6.07, 6.45) is 8.85. The van der Waals surface area contributed by atoms with Gasteiger partial charge in [-0.2, -0.15) is 0 Å². The zero-order valence-electron chi connectivity index (χ0n) is 23.8. The molecule has 0 amide bonds. The number of aryl methyl sites for hydroxylation is 1. The number of benzene rings is 2. The molecule has 0 bridgehead atoms. The SMILES string of the molecule is C#Cc1ccc(COc2cccc(C34CCN(Cc5nc6ccc(C(=O)O)cc6n5C[C@@H]5CCO5)CC3C4)n2)c(C)c1. The summed E-state index contributed by atoms with van der Waals surface area (Å²) < 4.78 is 14.0. The fourth-order valence-corrected chi connectivity index (χ4v) is 6.61. The number of piperidine rings is 1. The molecule has 2 aromatic carbocycles. The second-order valence-electron chi connectivity index (χ2n) is 11.9. The average Bonchev–Trinajstić information content (AvgIpc) is 3.62. The maximum atomic E-state index is 11.6. The Bertz CT molecular complexity index is 1720. The van der Waals surface area contributed by atoms with Crippen molar-refractivity contribution in [1.82, 2.24) is 19.4 Å². The molecule has 0 radical (unpaired) electrons. The number of imidazole rings is 1. The maximum Gasteiger partial charge on any atom is 0.335 e. The molecular weight excluding hydrogens is 528 g/mol. The number of pyridine rings is 1. The van der Waals surface area contributed by atoms with Crippen LogP contribution in [0.3, 0.4) is 0 Å². The molecule has 2 aromatic heterocycles. The summed E-state index contributed by atoms with van der Waals surface area (Å²) in [6.45, 7) is 6.64. The second kappa shape index (κ2) is 10.6. The van der Waals surface area contributed by atoms with Crippen LogP contribution >= 0.6 is 0 Å². The number of nitrogens with zero attached hydrogens (tertiary/aromatic N) is 4. The molecule has 3 atom stereocenters. The molecule has 214 valence electrons. The van der Waals surface area contributed by atoms with Gasteiger partial charge in [-0.3, -0.25) is 4.90 Å². The Kier molecular flexibility index (Phi) is 6.72. The lowest BCUT2D eigenvalue weighted by molar-refractivity contribution is -0.0592. The molecule has 2 saturated heterocycles. The van der Waals surface area contributed by atoms with Crippen LogP contribution in [0.5, 0.6) is 5.88 Å². The Morgan fingerprint density at radius 1 is 1.21 bits per heavy atom. The van der Waals surface area contributed by atoms with Crippen LogP contribution in [-0.2, 0) is 29.8 Å². The van der Waals surface area contributed by atoms with Crippen LogP contribution in [0.1, 0.15) is 57.8 Å². The highest BCUT2D eigenvalue weighted by atomic mass is 16.5. The van der Waals surface area contributed by atoms with E-state index in [-0.39, 0.29) is 17.1 Å². The van der Waals surface area contributed by atoms with Gasteiger partial charge in [0.15, 0.2) is 0 Å². The van der Waals surface area contributed by atoms with Gasteiger partial charge in [-0.15, -0.1) is 6.42 Å². The van der Waals surface area contributed by atoms with Crippen molar-refractivity contribution in [2.45, 2.75) is 57.4 Å². The van der Waals surface area contributed by atoms with Gasteiger partial charge in [0.2, 0.25) is 5.88 Å². The number of hydrogen-bond donors (Lipinski definition) is 1. The largest absolute Gasteiger partial charge is 0.478 e. The number of likely N-dealkylation sites (tertiary alicyclic amines) is 1. The van der Waals surface area contributed by atoms with Gasteiger partial charge in [-0.1, -0.05) is 18.1 Å². The zero-order chi connectivity index (χ0) is 28.8. The van der Waals surface area contributed by atoms with Crippen LogP contribution in [0.4, 0.5) is 0 Å². The molecule has 2 aliphatic heterocycles. The van der Waals surface area contributed by atoms with Gasteiger partial charge in [-0.05, 0) is 86.2 Å². The third-order valence-corrected chi connectivity index (χ3v) is 9.32. The molecule has 7 rings (SSSR count). The number of carbonyl (C=O) groups is 1. The van der Waals surface area contributed by atoms with E-state index >= 15 is 0 Å². The van der Waals surface area contributed by atoms with Gasteiger partial charge in [-0.25, -0.2) is 14.8 Å². The van der Waals surface area contributed by atoms with Crippen molar-refractivity contribution in [2.75, 3.05) is 19.7 Å². The minimum absolute atomic E-state index is 0.108. The molecule has 1 aliphatic carbocycles. The molecule has 1 saturated carbocycles. The van der Waals surface area contributed by atoms with E-state index in [1.807, 2.05) is 37.3 Å². The van der Waals surface area contributed by atoms with E-state index in [0.717, 1.165) is 84.7 Å². The zero-order valence-corrected chi connectivity index (χ0v) is 23.8. The molecule has 4 heterocycles. The minimum Gasteiger partial charge on any atom is -0.478 e. The smallest absolute Gasteiger partial charge is 0.335 e. The lowest BCUT2D eigenvalue weighted by Crippen LogP contribution is -2.37. The molecule has 8 nitrogen and oxygen atoms in total. The minimum atomic E-state index is -0.927. The highest BCUT2D eigenvalue weighted by Gasteiger charge is 2.58. The number of fused-ring (bicyclic) bond motifs is 2. The fourth-order valence-electron chi connectivity index (χ4n) is 6.61. The highest BCUT2D eigenvalue weighted by molar-refractivity contribution is 5.92. The second-order valence-corrected chi connectivity index (χ2v) is 11.9. The molecule has 3 fully saturated rings. The predicted molar refractivity (Wildman–Crippen MR) is 158 cm³/mol. The van der Waals surface area contributed by atoms with E-state index in [1.54, 1.807) is 12.1 Å². The molecule has 8 heteroatoms. The van der Waals surface area contributed by atoms with Crippen molar-refractivity contribution < 1.29 is 19.4 Å². The Balaban J connectivity index is 1.04. The number of carboxylic acids is 1. The number of ether oxygens (including phenoxy) is 2. The first-order valence-corrected chi connectivity index (χ1v) is 14.6. The predicted octanol–water partition coefficient (Wildman–Crippen LogP) is 4.95. The highest BCUT2D eigenvalue weighted by Crippen LogP contribution is 2.59. The summed E-state index contributed by atoms with van der Waals surface area (Å²) in [4.78, 5) is 24.0. The topological polar surface area (TPSA) is 89.7 Å². The van der Waals surface area contributed by atoms with Crippen molar-refractivity contribution in [3.05, 3.63) is 88.4 Å². The van der Waals surface area contributed by atoms with Crippen molar-refractivity contribution in [3.8, 4) is 18.2 Å². The summed E-state index contributed by atoms with van der Waals surface area (Å²) in [5.41, 5.74) is 6.30. The van der Waals surface area contributed by atoms with Gasteiger partial charge in [0.05, 0.1) is 41.5 Å². The van der Waals surface area contributed by atoms with Crippen molar-refractivity contribution in [2.24, 2.45) is 5.92 Å². The number of aromatic carboxylic acids is 1. The third kappa shape index (κ3) is 4.93. The van der Waals surface area contributed by atoms with Crippen molar-refractivity contribution in [1.29, 1.82) is 0 Å². The van der Waals surface area contributed by atoms with Crippen LogP contribution in [-0.4, -0.2) is 56.3 Å². The first-order chi connectivity index (χ1) is 20.4. The molecule has 1 N–H and O–H groups in total. The van der Waals surface area contributed by atoms with Crippen LogP contribution in [0.2, 0.25) is 0 Å². The fraction of sp³-hybridized carbons (Fsp3) is 0.382. The molecule has 2 unspecified atom stereocenters. The van der Waals surface area contributed by atoms with Crippen molar-refractivity contribution in [3.63, 3.8) is 0 Å². The standard InChI is InChI=1S/C34H34N4O4/c1-3-23-7-8-25(22(2)15-23)21-42-32-6-4-5-30(36-32)34-12-13-37(18-26(34)17-34)20-31-35-28-10-9-24(33(39)40)16-29(28)38(31)19-27-11-14-41-27/h1,4-10,15-16,26-27H,11-14,17-21H2,2H3,(H,39,40)/t26?,27-,34?/m0/s1. The quantitative estimate of drug-likeness (QED) is 0.289. The maximum absolute atomic E-state index is 11.6. The van der Waals surface area contributed by atoms with Gasteiger partial charge < -0.3 is 19.1 Å². The number of carboxylic acid groups (broad SMARTS) is 1. The van der Waals surface area contributed by atoms with E-state index in [1.165, 1.54) is 0 Å². The van der Waals surface area contributed by atoms with Gasteiger partial charge >= 0.3 is 5.97 Å². The number of aromatic nitrogens is 3. The van der Waals surface area contributed by atoms with Crippen LogP contribution in [0, 0.1) is 25.2 Å². The summed E-state index contributed by atoms with van der Waals surface area (Å²) in [7, 11) is 0. The summed E-state index contributed by atoms with van der Waals surface area (Å²) in [6, 6.07) is 17.3. The average molecular weight is 563 g/mol. The Hall–Kier alpha value is -4.19. The lowest BCUT2D eigenvalue weighted by Gasteiger charge is -2.32. The van der Waals surface area contributed by atoms with Crippen LogP contribution in [0.25, 0.3) is 11.0 Å². The first-order valence-electron chi connectivity index (χ1n) is 14.6. The molecule has 3 aliphatic rings. The van der Waals surface area contributed by atoms with Crippen LogP contribution < -0.4 is 4.74 Å². The van der Waals surface area contributed by atoms with Crippen LogP contribution in [0.15, 0.2) is 54.6 Å². The van der Waals surface area contributed by atoms with E-state index in [2.05, 4.69) is 27.5 Å². The van der Waals surface area contributed by atoms with Gasteiger partial charge in [0, 0.05) is 30.2 Å². The van der Waals surface area contributed by atoms with Gasteiger partial charge in [0.1, 0.15) is 12.4 Å². The molecule has 4 aromatic rings. The Morgan fingerprint density at radius 2 is 2.10 bits per heavy atom. The van der Waals surface area contributed by atoms with E-state index in [4.69, 9.17) is 25.9 Å². The first kappa shape index (κ1) is 26.7. The summed E-state index contributed by atoms with van der Waals surface area (Å²) >= 11 is 0. The number of rotatable bonds is 9. The summed E-state index contributed by atoms with van der Waals surface area (Å²) in [5, 5.41) is 9.54.